The Hall–Kier alpha value is -1.78. The van der Waals surface area contributed by atoms with Crippen molar-refractivity contribution in [3.05, 3.63) is 38.9 Å². The molecule has 0 aliphatic heterocycles. The first-order valence-electron chi connectivity index (χ1n) is 5.91. The zero-order chi connectivity index (χ0) is 15.8. The highest BCUT2D eigenvalue weighted by Crippen LogP contribution is 2.43. The van der Waals surface area contributed by atoms with Gasteiger partial charge in [0.25, 0.3) is 11.3 Å². The number of nitrogens with zero attached hydrogens (tertiary/aromatic N) is 1. The molecule has 1 aliphatic carbocycles. The second kappa shape index (κ2) is 5.20. The minimum atomic E-state index is -5.19. The lowest BCUT2D eigenvalue weighted by atomic mass is 9.92. The van der Waals surface area contributed by atoms with Gasteiger partial charge in [0, 0.05) is 17.0 Å². The minimum Gasteiger partial charge on any atom is -0.366 e. The minimum absolute atomic E-state index is 0.161. The van der Waals surface area contributed by atoms with Crippen LogP contribution in [0.5, 0.6) is 0 Å². The molecule has 1 aromatic carbocycles. The molecule has 0 unspecified atom stereocenters. The van der Waals surface area contributed by atoms with Crippen molar-refractivity contribution in [3.63, 3.8) is 0 Å². The van der Waals surface area contributed by atoms with Gasteiger partial charge in [-0.15, -0.1) is 0 Å². The quantitative estimate of drug-likeness (QED) is 0.516. The third-order valence-corrected chi connectivity index (χ3v) is 3.22. The predicted octanol–water partition coefficient (Wildman–Crippen LogP) is 3.41. The Morgan fingerprint density at radius 3 is 2.48 bits per heavy atom. The van der Waals surface area contributed by atoms with E-state index in [4.69, 9.17) is 11.6 Å². The Balaban J connectivity index is 2.64. The van der Waals surface area contributed by atoms with Gasteiger partial charge in [0.2, 0.25) is 0 Å². The van der Waals surface area contributed by atoms with E-state index in [1.165, 1.54) is 0 Å². The van der Waals surface area contributed by atoms with Crippen LogP contribution < -0.4 is 0 Å². The molecule has 0 spiro atoms. The van der Waals surface area contributed by atoms with Crippen LogP contribution in [0, 0.1) is 27.9 Å². The SMILES string of the molecule is O=[N+]([O-])c1ccc(Cl)cc1[C@](O)(C#CC1CC1)C(F)(F)F. The summed E-state index contributed by atoms with van der Waals surface area (Å²) in [4.78, 5) is 9.88. The molecule has 0 radical (unpaired) electrons. The average Bonchev–Trinajstić information content (AvgIpc) is 3.18. The lowest BCUT2D eigenvalue weighted by Crippen LogP contribution is -2.41. The summed E-state index contributed by atoms with van der Waals surface area (Å²) in [5, 5.41) is 20.7. The summed E-state index contributed by atoms with van der Waals surface area (Å²) >= 11 is 5.60. The van der Waals surface area contributed by atoms with Crippen molar-refractivity contribution in [2.75, 3.05) is 0 Å². The van der Waals surface area contributed by atoms with Crippen LogP contribution in [0.4, 0.5) is 18.9 Å². The molecule has 1 fully saturated rings. The molecular weight excluding hydrogens is 311 g/mol. The smallest absolute Gasteiger partial charge is 0.366 e. The Bertz CT molecular complexity index is 646. The van der Waals surface area contributed by atoms with Gasteiger partial charge < -0.3 is 5.11 Å². The second-order valence-corrected chi connectivity index (χ2v) is 5.11. The number of aliphatic hydroxyl groups is 1. The summed E-state index contributed by atoms with van der Waals surface area (Å²) < 4.78 is 39.7. The second-order valence-electron chi connectivity index (χ2n) is 4.67. The highest BCUT2D eigenvalue weighted by atomic mass is 35.5. The Labute approximate surface area is 122 Å². The van der Waals surface area contributed by atoms with E-state index in [-0.39, 0.29) is 10.9 Å². The van der Waals surface area contributed by atoms with Gasteiger partial charge in [0.05, 0.1) is 10.5 Å². The summed E-state index contributed by atoms with van der Waals surface area (Å²) in [5.41, 5.74) is -5.48. The maximum atomic E-state index is 13.2. The van der Waals surface area contributed by atoms with Crippen LogP contribution in [0.2, 0.25) is 5.02 Å². The fraction of sp³-hybridized carbons (Fsp3) is 0.385. The lowest BCUT2D eigenvalue weighted by Gasteiger charge is -2.25. The van der Waals surface area contributed by atoms with Gasteiger partial charge in [0.1, 0.15) is 0 Å². The number of alkyl halides is 3. The van der Waals surface area contributed by atoms with Gasteiger partial charge in [-0.3, -0.25) is 10.1 Å². The molecule has 1 N–H and O–H groups in total. The molecule has 2 rings (SSSR count). The molecule has 1 aliphatic rings. The number of hydrogen-bond donors (Lipinski definition) is 1. The number of nitro benzene ring substituents is 1. The maximum absolute atomic E-state index is 13.2. The predicted molar refractivity (Wildman–Crippen MR) is 68.6 cm³/mol. The summed E-state index contributed by atoms with van der Waals surface area (Å²) in [5.74, 6) is 3.85. The summed E-state index contributed by atoms with van der Waals surface area (Å²) in [6.07, 6.45) is -3.89. The molecule has 0 aromatic heterocycles. The highest BCUT2D eigenvalue weighted by molar-refractivity contribution is 6.30. The van der Waals surface area contributed by atoms with Gasteiger partial charge in [-0.05, 0) is 25.0 Å². The number of halogens is 4. The van der Waals surface area contributed by atoms with Crippen LogP contribution in [0.15, 0.2) is 18.2 Å². The highest BCUT2D eigenvalue weighted by Gasteiger charge is 2.57. The van der Waals surface area contributed by atoms with E-state index in [9.17, 15) is 28.4 Å². The molecule has 1 aromatic rings. The van der Waals surface area contributed by atoms with Crippen LogP contribution in [0.1, 0.15) is 18.4 Å². The topological polar surface area (TPSA) is 63.4 Å². The number of nitro groups is 1. The Kier molecular flexibility index (Phi) is 3.87. The van der Waals surface area contributed by atoms with E-state index in [2.05, 4.69) is 5.92 Å². The summed E-state index contributed by atoms with van der Waals surface area (Å²) in [7, 11) is 0. The molecule has 0 bridgehead atoms. The van der Waals surface area contributed by atoms with Crippen LogP contribution in [-0.4, -0.2) is 16.2 Å². The first kappa shape index (κ1) is 15.6. The first-order valence-corrected chi connectivity index (χ1v) is 6.29. The van der Waals surface area contributed by atoms with Gasteiger partial charge in [0.15, 0.2) is 0 Å². The van der Waals surface area contributed by atoms with Crippen LogP contribution in [0.3, 0.4) is 0 Å². The third kappa shape index (κ3) is 3.12. The van der Waals surface area contributed by atoms with Crippen molar-refractivity contribution in [2.24, 2.45) is 5.92 Å². The van der Waals surface area contributed by atoms with Crippen molar-refractivity contribution in [3.8, 4) is 11.8 Å². The molecule has 0 heterocycles. The Morgan fingerprint density at radius 1 is 1.38 bits per heavy atom. The Morgan fingerprint density at radius 2 is 2.00 bits per heavy atom. The number of hydrogen-bond acceptors (Lipinski definition) is 3. The average molecular weight is 320 g/mol. The molecule has 112 valence electrons. The zero-order valence-corrected chi connectivity index (χ0v) is 11.2. The summed E-state index contributed by atoms with van der Waals surface area (Å²) in [6, 6.07) is 2.61. The van der Waals surface area contributed by atoms with Crippen LogP contribution >= 0.6 is 11.6 Å². The molecule has 0 amide bonds. The van der Waals surface area contributed by atoms with Crippen molar-refractivity contribution < 1.29 is 23.2 Å². The van der Waals surface area contributed by atoms with E-state index >= 15 is 0 Å². The van der Waals surface area contributed by atoms with Crippen molar-refractivity contribution in [1.29, 1.82) is 0 Å². The number of benzene rings is 1. The van der Waals surface area contributed by atoms with E-state index in [0.717, 1.165) is 18.2 Å². The van der Waals surface area contributed by atoms with E-state index in [1.54, 1.807) is 5.92 Å². The molecule has 4 nitrogen and oxygen atoms in total. The van der Waals surface area contributed by atoms with Gasteiger partial charge in [-0.1, -0.05) is 23.4 Å². The summed E-state index contributed by atoms with van der Waals surface area (Å²) in [6.45, 7) is 0. The van der Waals surface area contributed by atoms with Crippen molar-refractivity contribution in [1.82, 2.24) is 0 Å². The van der Waals surface area contributed by atoms with Gasteiger partial charge >= 0.3 is 6.18 Å². The maximum Gasteiger partial charge on any atom is 0.433 e. The van der Waals surface area contributed by atoms with E-state index in [1.807, 2.05) is 0 Å². The van der Waals surface area contributed by atoms with Gasteiger partial charge in [-0.25, -0.2) is 0 Å². The van der Waals surface area contributed by atoms with Crippen molar-refractivity contribution in [2.45, 2.75) is 24.6 Å². The molecule has 1 saturated carbocycles. The number of rotatable bonds is 2. The fourth-order valence-corrected chi connectivity index (χ4v) is 1.85. The van der Waals surface area contributed by atoms with Crippen molar-refractivity contribution >= 4 is 17.3 Å². The van der Waals surface area contributed by atoms with Gasteiger partial charge in [-0.2, -0.15) is 13.2 Å². The largest absolute Gasteiger partial charge is 0.433 e. The molecule has 1 atom stereocenters. The van der Waals surface area contributed by atoms with E-state index < -0.39 is 28.0 Å². The molecule has 0 saturated heterocycles. The van der Waals surface area contributed by atoms with E-state index in [0.29, 0.717) is 12.8 Å². The molecule has 8 heteroatoms. The standard InChI is InChI=1S/C13H9ClF3NO3/c14-9-3-4-11(18(20)21)10(7-9)12(19,13(15,16)17)6-5-8-1-2-8/h3-4,7-8,19H,1-2H2/t12-/m1/s1. The lowest BCUT2D eigenvalue weighted by molar-refractivity contribution is -0.387. The van der Waals surface area contributed by atoms with Crippen LogP contribution in [0.25, 0.3) is 0 Å². The van der Waals surface area contributed by atoms with Crippen LogP contribution in [-0.2, 0) is 5.60 Å². The third-order valence-electron chi connectivity index (χ3n) is 2.99. The zero-order valence-electron chi connectivity index (χ0n) is 10.4. The first-order chi connectivity index (χ1) is 9.65. The molecular formula is C13H9ClF3NO3. The normalized spacial score (nSPS) is 17.6. The monoisotopic (exact) mass is 319 g/mol. The molecule has 21 heavy (non-hydrogen) atoms. The fourth-order valence-electron chi connectivity index (χ4n) is 1.68.